The summed E-state index contributed by atoms with van der Waals surface area (Å²) in [5, 5.41) is 3.64. The molecule has 0 aliphatic heterocycles. The summed E-state index contributed by atoms with van der Waals surface area (Å²) in [6.07, 6.45) is -1.49. The summed E-state index contributed by atoms with van der Waals surface area (Å²) in [4.78, 5) is 8.19. The van der Waals surface area contributed by atoms with Gasteiger partial charge >= 0.3 is 6.18 Å². The van der Waals surface area contributed by atoms with Crippen LogP contribution >= 0.6 is 11.6 Å². The van der Waals surface area contributed by atoms with Gasteiger partial charge in [-0.25, -0.2) is 9.97 Å². The van der Waals surface area contributed by atoms with Crippen LogP contribution < -0.4 is 10.1 Å². The van der Waals surface area contributed by atoms with Gasteiger partial charge in [-0.2, -0.15) is 13.2 Å². The first-order valence-electron chi connectivity index (χ1n) is 7.41. The molecule has 0 saturated heterocycles. The minimum absolute atomic E-state index is 0.190. The van der Waals surface area contributed by atoms with E-state index < -0.39 is 12.8 Å². The summed E-state index contributed by atoms with van der Waals surface area (Å²) in [7, 11) is 0. The normalized spacial score (nSPS) is 11.4. The van der Waals surface area contributed by atoms with Gasteiger partial charge in [-0.1, -0.05) is 30.7 Å². The highest BCUT2D eigenvalue weighted by Gasteiger charge is 2.28. The van der Waals surface area contributed by atoms with Gasteiger partial charge in [0.05, 0.1) is 5.69 Å². The molecule has 1 aromatic carbocycles. The minimum Gasteiger partial charge on any atom is -0.484 e. The van der Waals surface area contributed by atoms with E-state index in [9.17, 15) is 13.2 Å². The molecule has 2 rings (SSSR count). The van der Waals surface area contributed by atoms with Gasteiger partial charge in [0.2, 0.25) is 0 Å². The number of nitrogens with one attached hydrogen (secondary N) is 1. The molecule has 0 aliphatic rings. The lowest BCUT2D eigenvalue weighted by atomic mass is 10.1. The van der Waals surface area contributed by atoms with E-state index in [4.69, 9.17) is 11.6 Å². The highest BCUT2D eigenvalue weighted by Crippen LogP contribution is 2.22. The molecule has 1 heterocycles. The van der Waals surface area contributed by atoms with E-state index in [0.717, 1.165) is 17.7 Å². The maximum absolute atomic E-state index is 12.1. The van der Waals surface area contributed by atoms with Crippen LogP contribution in [0.2, 0.25) is 5.02 Å². The number of aromatic nitrogens is 2. The zero-order chi connectivity index (χ0) is 17.6. The molecule has 0 amide bonds. The average molecular weight is 360 g/mol. The molecule has 8 heteroatoms. The maximum Gasteiger partial charge on any atom is 0.422 e. The molecule has 1 N–H and O–H groups in total. The molecule has 0 bridgehead atoms. The van der Waals surface area contributed by atoms with Gasteiger partial charge in [-0.15, -0.1) is 0 Å². The van der Waals surface area contributed by atoms with E-state index in [-0.39, 0.29) is 5.75 Å². The molecule has 0 atom stereocenters. The minimum atomic E-state index is -4.34. The number of rotatable bonds is 7. The lowest BCUT2D eigenvalue weighted by Gasteiger charge is -2.11. The summed E-state index contributed by atoms with van der Waals surface area (Å²) >= 11 is 6.19. The lowest BCUT2D eigenvalue weighted by molar-refractivity contribution is -0.153. The van der Waals surface area contributed by atoms with Crippen LogP contribution in [-0.2, 0) is 12.8 Å². The molecular formula is C16H17ClF3N3O. The van der Waals surface area contributed by atoms with E-state index in [2.05, 4.69) is 20.0 Å². The Bertz CT molecular complexity index is 663. The molecule has 24 heavy (non-hydrogen) atoms. The van der Waals surface area contributed by atoms with Crippen LogP contribution in [0.4, 0.5) is 19.0 Å². The van der Waals surface area contributed by atoms with Crippen molar-refractivity contribution in [3.8, 4) is 5.75 Å². The highest BCUT2D eigenvalue weighted by atomic mass is 35.5. The number of hydrogen-bond acceptors (Lipinski definition) is 4. The molecule has 0 unspecified atom stereocenters. The van der Waals surface area contributed by atoms with Crippen molar-refractivity contribution in [3.05, 3.63) is 46.9 Å². The van der Waals surface area contributed by atoms with Crippen molar-refractivity contribution in [1.29, 1.82) is 0 Å². The quantitative estimate of drug-likeness (QED) is 0.801. The number of ether oxygens (including phenoxy) is 1. The first kappa shape index (κ1) is 18.3. The van der Waals surface area contributed by atoms with E-state index in [1.165, 1.54) is 18.5 Å². The van der Waals surface area contributed by atoms with Crippen molar-refractivity contribution in [2.75, 3.05) is 18.5 Å². The molecule has 4 nitrogen and oxygen atoms in total. The molecule has 0 saturated carbocycles. The van der Waals surface area contributed by atoms with E-state index in [1.807, 2.05) is 6.92 Å². The number of alkyl halides is 3. The van der Waals surface area contributed by atoms with Crippen molar-refractivity contribution < 1.29 is 17.9 Å². The first-order valence-corrected chi connectivity index (χ1v) is 7.78. The maximum atomic E-state index is 12.1. The predicted molar refractivity (Wildman–Crippen MR) is 86.6 cm³/mol. The Balaban J connectivity index is 1.85. The van der Waals surface area contributed by atoms with Crippen LogP contribution in [0.3, 0.4) is 0 Å². The SMILES string of the molecule is CCc1ncnc(NCCc2ccc(OCC(F)(F)F)cc2)c1Cl. The molecule has 0 radical (unpaired) electrons. The third-order valence-electron chi connectivity index (χ3n) is 3.23. The van der Waals surface area contributed by atoms with Crippen molar-refractivity contribution in [3.63, 3.8) is 0 Å². The van der Waals surface area contributed by atoms with Crippen molar-refractivity contribution in [1.82, 2.24) is 9.97 Å². The lowest BCUT2D eigenvalue weighted by Crippen LogP contribution is -2.19. The Morgan fingerprint density at radius 3 is 2.50 bits per heavy atom. The molecule has 0 aliphatic carbocycles. The Morgan fingerprint density at radius 2 is 1.88 bits per heavy atom. The van der Waals surface area contributed by atoms with Crippen LogP contribution in [0.25, 0.3) is 0 Å². The third kappa shape index (κ3) is 5.56. The number of benzene rings is 1. The van der Waals surface area contributed by atoms with Crippen LogP contribution in [0.15, 0.2) is 30.6 Å². The third-order valence-corrected chi connectivity index (χ3v) is 3.63. The first-order chi connectivity index (χ1) is 11.4. The Hall–Kier alpha value is -2.02. The van der Waals surface area contributed by atoms with Gasteiger partial charge in [0.15, 0.2) is 6.61 Å². The van der Waals surface area contributed by atoms with Gasteiger partial charge in [-0.3, -0.25) is 0 Å². The molecule has 1 aromatic heterocycles. The number of aryl methyl sites for hydroxylation is 1. The summed E-state index contributed by atoms with van der Waals surface area (Å²) in [6.45, 7) is 1.25. The van der Waals surface area contributed by atoms with Crippen LogP contribution in [0.1, 0.15) is 18.2 Å². The van der Waals surface area contributed by atoms with Crippen LogP contribution in [0, 0.1) is 0 Å². The topological polar surface area (TPSA) is 47.0 Å². The Morgan fingerprint density at radius 1 is 1.17 bits per heavy atom. The highest BCUT2D eigenvalue weighted by molar-refractivity contribution is 6.33. The van der Waals surface area contributed by atoms with Gasteiger partial charge < -0.3 is 10.1 Å². The molecule has 0 spiro atoms. The average Bonchev–Trinajstić information content (AvgIpc) is 2.55. The number of hydrogen-bond donors (Lipinski definition) is 1. The predicted octanol–water partition coefficient (Wildman–Crippen LogP) is 4.29. The fourth-order valence-electron chi connectivity index (χ4n) is 2.02. The van der Waals surface area contributed by atoms with Crippen molar-refractivity contribution >= 4 is 17.4 Å². The summed E-state index contributed by atoms with van der Waals surface area (Å²) < 4.78 is 40.9. The standard InChI is InChI=1S/C16H17ClF3N3O/c1-2-13-14(17)15(23-10-22-13)21-8-7-11-3-5-12(6-4-11)24-9-16(18,19)20/h3-6,10H,2,7-9H2,1H3,(H,21,22,23). The fourth-order valence-corrected chi connectivity index (χ4v) is 2.32. The van der Waals surface area contributed by atoms with Gasteiger partial charge in [0.25, 0.3) is 0 Å². The van der Waals surface area contributed by atoms with Gasteiger partial charge in [0, 0.05) is 6.54 Å². The van der Waals surface area contributed by atoms with Crippen molar-refractivity contribution in [2.24, 2.45) is 0 Å². The van der Waals surface area contributed by atoms with Crippen LogP contribution in [0.5, 0.6) is 5.75 Å². The van der Waals surface area contributed by atoms with Gasteiger partial charge in [0.1, 0.15) is 22.9 Å². The smallest absolute Gasteiger partial charge is 0.422 e. The second-order valence-electron chi connectivity index (χ2n) is 5.06. The Labute approximate surface area is 143 Å². The largest absolute Gasteiger partial charge is 0.484 e. The Kier molecular flexibility index (Phi) is 6.25. The monoisotopic (exact) mass is 359 g/mol. The van der Waals surface area contributed by atoms with E-state index in [0.29, 0.717) is 23.8 Å². The number of nitrogens with zero attached hydrogens (tertiary/aromatic N) is 2. The summed E-state index contributed by atoms with van der Waals surface area (Å²) in [5.74, 6) is 0.768. The van der Waals surface area contributed by atoms with E-state index >= 15 is 0 Å². The zero-order valence-electron chi connectivity index (χ0n) is 13.0. The number of halogens is 4. The molecule has 130 valence electrons. The second kappa shape index (κ2) is 8.19. The van der Waals surface area contributed by atoms with Crippen LogP contribution in [-0.4, -0.2) is 29.3 Å². The number of anilines is 1. The zero-order valence-corrected chi connectivity index (χ0v) is 13.8. The van der Waals surface area contributed by atoms with Gasteiger partial charge in [-0.05, 0) is 30.5 Å². The summed E-state index contributed by atoms with van der Waals surface area (Å²) in [6, 6.07) is 6.50. The second-order valence-corrected chi connectivity index (χ2v) is 5.44. The molecule has 2 aromatic rings. The summed E-state index contributed by atoms with van der Waals surface area (Å²) in [5.41, 5.74) is 1.74. The van der Waals surface area contributed by atoms with Crippen molar-refractivity contribution in [2.45, 2.75) is 25.9 Å². The molecular weight excluding hydrogens is 343 g/mol. The van der Waals surface area contributed by atoms with E-state index in [1.54, 1.807) is 12.1 Å². The molecule has 0 fully saturated rings. The fraction of sp³-hybridized carbons (Fsp3) is 0.375.